The Hall–Kier alpha value is -1.09. The summed E-state index contributed by atoms with van der Waals surface area (Å²) in [6.45, 7) is 8.82. The van der Waals surface area contributed by atoms with Crippen molar-refractivity contribution in [1.29, 1.82) is 0 Å². The summed E-state index contributed by atoms with van der Waals surface area (Å²) < 4.78 is 0. The highest BCUT2D eigenvalue weighted by molar-refractivity contribution is 5.42. The van der Waals surface area contributed by atoms with Gasteiger partial charge in [0.15, 0.2) is 0 Å². The van der Waals surface area contributed by atoms with Crippen LogP contribution < -0.4 is 10.6 Å². The van der Waals surface area contributed by atoms with E-state index in [1.807, 2.05) is 13.0 Å². The van der Waals surface area contributed by atoms with Crippen LogP contribution in [0.25, 0.3) is 0 Å². The van der Waals surface area contributed by atoms with E-state index < -0.39 is 0 Å². The number of aryl methyl sites for hydroxylation is 1. The largest absolute Gasteiger partial charge is 0.357 e. The van der Waals surface area contributed by atoms with Gasteiger partial charge in [0.25, 0.3) is 0 Å². The molecule has 0 fully saturated rings. The lowest BCUT2D eigenvalue weighted by Gasteiger charge is -2.20. The lowest BCUT2D eigenvalue weighted by Crippen LogP contribution is -2.23. The summed E-state index contributed by atoms with van der Waals surface area (Å²) in [5.74, 6) is 1.04. The van der Waals surface area contributed by atoms with Crippen molar-refractivity contribution in [1.82, 2.24) is 4.98 Å². The van der Waals surface area contributed by atoms with Gasteiger partial charge in [-0.3, -0.25) is 0 Å². The monoisotopic (exact) mass is 193 g/mol. The standard InChI is InChI=1S/C11H19N3/c1-4-14(5-2)11-7-10(8-12)6-9(3)13-11/h6-7H,4-5,8,12H2,1-3H3. The van der Waals surface area contributed by atoms with Crippen molar-refractivity contribution in [2.24, 2.45) is 5.73 Å². The van der Waals surface area contributed by atoms with Gasteiger partial charge in [-0.05, 0) is 38.5 Å². The minimum Gasteiger partial charge on any atom is -0.357 e. The molecular weight excluding hydrogens is 174 g/mol. The van der Waals surface area contributed by atoms with E-state index in [9.17, 15) is 0 Å². The van der Waals surface area contributed by atoms with Crippen molar-refractivity contribution in [3.8, 4) is 0 Å². The second-order valence-corrected chi connectivity index (χ2v) is 3.35. The highest BCUT2D eigenvalue weighted by Crippen LogP contribution is 2.14. The van der Waals surface area contributed by atoms with Crippen molar-refractivity contribution < 1.29 is 0 Å². The third-order valence-electron chi connectivity index (χ3n) is 2.32. The molecule has 0 aliphatic carbocycles. The number of pyridine rings is 1. The SMILES string of the molecule is CCN(CC)c1cc(CN)cc(C)n1. The predicted octanol–water partition coefficient (Wildman–Crippen LogP) is 1.69. The number of anilines is 1. The minimum atomic E-state index is 0.581. The molecule has 0 aliphatic rings. The maximum Gasteiger partial charge on any atom is 0.129 e. The normalized spacial score (nSPS) is 10.3. The first kappa shape index (κ1) is 11.0. The lowest BCUT2D eigenvalue weighted by atomic mass is 10.2. The zero-order valence-electron chi connectivity index (χ0n) is 9.25. The van der Waals surface area contributed by atoms with Crippen LogP contribution in [0.1, 0.15) is 25.1 Å². The Labute approximate surface area is 85.9 Å². The first-order valence-electron chi connectivity index (χ1n) is 5.13. The summed E-state index contributed by atoms with van der Waals surface area (Å²) in [6, 6.07) is 4.10. The number of hydrogen-bond donors (Lipinski definition) is 1. The molecule has 1 heterocycles. The summed E-state index contributed by atoms with van der Waals surface area (Å²) >= 11 is 0. The minimum absolute atomic E-state index is 0.581. The van der Waals surface area contributed by atoms with Crippen molar-refractivity contribution in [2.75, 3.05) is 18.0 Å². The van der Waals surface area contributed by atoms with Crippen molar-refractivity contribution >= 4 is 5.82 Å². The molecule has 2 N–H and O–H groups in total. The van der Waals surface area contributed by atoms with Gasteiger partial charge in [-0.2, -0.15) is 0 Å². The molecule has 0 aliphatic heterocycles. The zero-order chi connectivity index (χ0) is 10.6. The maximum absolute atomic E-state index is 5.62. The van der Waals surface area contributed by atoms with Gasteiger partial charge in [-0.25, -0.2) is 4.98 Å². The van der Waals surface area contributed by atoms with Crippen LogP contribution >= 0.6 is 0 Å². The van der Waals surface area contributed by atoms with E-state index in [4.69, 9.17) is 5.73 Å². The third kappa shape index (κ3) is 2.45. The molecule has 0 spiro atoms. The molecule has 0 unspecified atom stereocenters. The molecule has 0 radical (unpaired) electrons. The van der Waals surface area contributed by atoms with Crippen LogP contribution in [0.5, 0.6) is 0 Å². The van der Waals surface area contributed by atoms with E-state index >= 15 is 0 Å². The van der Waals surface area contributed by atoms with E-state index in [1.165, 1.54) is 0 Å². The van der Waals surface area contributed by atoms with Crippen LogP contribution in [0.4, 0.5) is 5.82 Å². The topological polar surface area (TPSA) is 42.1 Å². The van der Waals surface area contributed by atoms with Gasteiger partial charge in [0.2, 0.25) is 0 Å². The van der Waals surface area contributed by atoms with Crippen LogP contribution in [0.15, 0.2) is 12.1 Å². The van der Waals surface area contributed by atoms with Crippen LogP contribution in [-0.2, 0) is 6.54 Å². The fourth-order valence-corrected chi connectivity index (χ4v) is 1.55. The molecule has 0 saturated heterocycles. The molecule has 78 valence electrons. The quantitative estimate of drug-likeness (QED) is 0.791. The van der Waals surface area contributed by atoms with E-state index in [0.29, 0.717) is 6.54 Å². The molecule has 0 amide bonds. The average molecular weight is 193 g/mol. The van der Waals surface area contributed by atoms with Gasteiger partial charge in [0, 0.05) is 25.3 Å². The van der Waals surface area contributed by atoms with E-state index in [1.54, 1.807) is 0 Å². The summed E-state index contributed by atoms with van der Waals surface area (Å²) in [7, 11) is 0. The smallest absolute Gasteiger partial charge is 0.129 e. The fourth-order valence-electron chi connectivity index (χ4n) is 1.55. The van der Waals surface area contributed by atoms with Crippen LogP contribution in [0.3, 0.4) is 0 Å². The van der Waals surface area contributed by atoms with Gasteiger partial charge < -0.3 is 10.6 Å². The molecule has 1 aromatic rings. The van der Waals surface area contributed by atoms with Gasteiger partial charge in [0.1, 0.15) is 5.82 Å². The Bertz CT molecular complexity index is 293. The number of rotatable bonds is 4. The van der Waals surface area contributed by atoms with Crippen LogP contribution in [0.2, 0.25) is 0 Å². The third-order valence-corrected chi connectivity index (χ3v) is 2.32. The molecule has 0 bridgehead atoms. The van der Waals surface area contributed by atoms with Gasteiger partial charge in [0.05, 0.1) is 0 Å². The average Bonchev–Trinajstić information content (AvgIpc) is 2.19. The van der Waals surface area contributed by atoms with E-state index in [-0.39, 0.29) is 0 Å². The van der Waals surface area contributed by atoms with E-state index in [0.717, 1.165) is 30.2 Å². The fraction of sp³-hybridized carbons (Fsp3) is 0.545. The maximum atomic E-state index is 5.62. The molecule has 3 heteroatoms. The molecule has 0 atom stereocenters. The van der Waals surface area contributed by atoms with Gasteiger partial charge in [-0.1, -0.05) is 0 Å². The highest BCUT2D eigenvalue weighted by atomic mass is 15.2. The number of nitrogens with zero attached hydrogens (tertiary/aromatic N) is 2. The number of hydrogen-bond acceptors (Lipinski definition) is 3. The molecular formula is C11H19N3. The first-order chi connectivity index (χ1) is 6.71. The molecule has 14 heavy (non-hydrogen) atoms. The second kappa shape index (κ2) is 4.96. The van der Waals surface area contributed by atoms with Crippen LogP contribution in [-0.4, -0.2) is 18.1 Å². The highest BCUT2D eigenvalue weighted by Gasteiger charge is 2.04. The zero-order valence-corrected chi connectivity index (χ0v) is 9.25. The van der Waals surface area contributed by atoms with Crippen LogP contribution in [0, 0.1) is 6.92 Å². The summed E-state index contributed by atoms with van der Waals surface area (Å²) in [6.07, 6.45) is 0. The number of nitrogens with two attached hydrogens (primary N) is 1. The van der Waals surface area contributed by atoms with Gasteiger partial charge in [-0.15, -0.1) is 0 Å². The Kier molecular flexibility index (Phi) is 3.89. The van der Waals surface area contributed by atoms with Gasteiger partial charge >= 0.3 is 0 Å². The Morgan fingerprint density at radius 1 is 1.29 bits per heavy atom. The van der Waals surface area contributed by atoms with E-state index in [2.05, 4.69) is 29.8 Å². The van der Waals surface area contributed by atoms with Crippen molar-refractivity contribution in [2.45, 2.75) is 27.3 Å². The number of aromatic nitrogens is 1. The Balaban J connectivity index is 3.01. The molecule has 1 rings (SSSR count). The second-order valence-electron chi connectivity index (χ2n) is 3.35. The first-order valence-corrected chi connectivity index (χ1v) is 5.13. The summed E-state index contributed by atoms with van der Waals surface area (Å²) in [4.78, 5) is 6.72. The van der Waals surface area contributed by atoms with Crippen molar-refractivity contribution in [3.05, 3.63) is 23.4 Å². The summed E-state index contributed by atoms with van der Waals surface area (Å²) in [5, 5.41) is 0. The molecule has 3 nitrogen and oxygen atoms in total. The Morgan fingerprint density at radius 2 is 1.93 bits per heavy atom. The molecule has 0 saturated carbocycles. The Morgan fingerprint density at radius 3 is 2.43 bits per heavy atom. The predicted molar refractivity (Wildman–Crippen MR) is 60.4 cm³/mol. The molecule has 0 aromatic carbocycles. The lowest BCUT2D eigenvalue weighted by molar-refractivity contribution is 0.838. The summed E-state index contributed by atoms with van der Waals surface area (Å²) in [5.41, 5.74) is 7.81. The van der Waals surface area contributed by atoms with Crippen molar-refractivity contribution in [3.63, 3.8) is 0 Å². The molecule has 1 aromatic heterocycles.